The lowest BCUT2D eigenvalue weighted by atomic mass is 10.0. The number of halogens is 1. The Hall–Kier alpha value is -0.720. The molecule has 7 heteroatoms. The number of nitrogens with zero attached hydrogens (tertiary/aromatic N) is 2. The summed E-state index contributed by atoms with van der Waals surface area (Å²) < 4.78 is 0. The minimum atomic E-state index is 0. The van der Waals surface area contributed by atoms with Gasteiger partial charge in [-0.05, 0) is 38.8 Å². The fourth-order valence-corrected chi connectivity index (χ4v) is 2.43. The van der Waals surface area contributed by atoms with Crippen LogP contribution in [0.5, 0.6) is 0 Å². The summed E-state index contributed by atoms with van der Waals surface area (Å²) in [6, 6.07) is 0. The van der Waals surface area contributed by atoms with E-state index in [-0.39, 0.29) is 18.3 Å². The Labute approximate surface area is 111 Å². The number of amides is 1. The normalized spacial score (nSPS) is 18.8. The van der Waals surface area contributed by atoms with E-state index in [1.807, 2.05) is 6.92 Å². The first kappa shape index (κ1) is 14.3. The van der Waals surface area contributed by atoms with Crippen LogP contribution in [0.2, 0.25) is 0 Å². The molecule has 1 aliphatic heterocycles. The van der Waals surface area contributed by atoms with Crippen molar-refractivity contribution in [3.8, 4) is 0 Å². The number of aryl methyl sites for hydroxylation is 1. The van der Waals surface area contributed by atoms with E-state index in [1.165, 1.54) is 17.8 Å². The van der Waals surface area contributed by atoms with Crippen molar-refractivity contribution in [1.82, 2.24) is 15.5 Å². The Balaban J connectivity index is 0.00000144. The summed E-state index contributed by atoms with van der Waals surface area (Å²) in [5, 5.41) is 15.3. The van der Waals surface area contributed by atoms with Gasteiger partial charge in [-0.1, -0.05) is 11.3 Å². The smallest absolute Gasteiger partial charge is 0.226 e. The van der Waals surface area contributed by atoms with Crippen LogP contribution in [0.1, 0.15) is 24.3 Å². The maximum atomic E-state index is 11.6. The summed E-state index contributed by atoms with van der Waals surface area (Å²) in [4.78, 5) is 11.6. The van der Waals surface area contributed by atoms with Crippen molar-refractivity contribution in [3.05, 3.63) is 5.01 Å². The van der Waals surface area contributed by atoms with Crippen LogP contribution in [0.3, 0.4) is 0 Å². The fourth-order valence-electron chi connectivity index (χ4n) is 1.82. The molecule has 2 rings (SSSR count). The predicted octanol–water partition coefficient (Wildman–Crippen LogP) is 1.60. The maximum absolute atomic E-state index is 11.6. The third kappa shape index (κ3) is 4.57. The van der Waals surface area contributed by atoms with E-state index >= 15 is 0 Å². The highest BCUT2D eigenvalue weighted by Gasteiger charge is 2.16. The Bertz CT molecular complexity index is 365. The molecule has 0 spiro atoms. The minimum absolute atomic E-state index is 0. The molecule has 2 heterocycles. The number of hydrogen-bond acceptors (Lipinski definition) is 5. The van der Waals surface area contributed by atoms with Crippen LogP contribution in [0.25, 0.3) is 0 Å². The maximum Gasteiger partial charge on any atom is 0.226 e. The molecule has 1 saturated heterocycles. The lowest BCUT2D eigenvalue weighted by Crippen LogP contribution is -2.14. The average molecular weight is 277 g/mol. The second kappa shape index (κ2) is 6.88. The first-order valence-electron chi connectivity index (χ1n) is 5.54. The number of carbonyl (C=O) groups excluding carboxylic acids is 1. The van der Waals surface area contributed by atoms with E-state index in [2.05, 4.69) is 20.8 Å². The SMILES string of the molecule is Cc1nnc(NC(=O)CCC2CCNC2)s1.Cl. The van der Waals surface area contributed by atoms with E-state index in [0.717, 1.165) is 24.5 Å². The van der Waals surface area contributed by atoms with Crippen molar-refractivity contribution in [2.75, 3.05) is 18.4 Å². The predicted molar refractivity (Wildman–Crippen MR) is 70.7 cm³/mol. The van der Waals surface area contributed by atoms with Gasteiger partial charge in [-0.2, -0.15) is 0 Å². The van der Waals surface area contributed by atoms with Crippen molar-refractivity contribution in [1.29, 1.82) is 0 Å². The van der Waals surface area contributed by atoms with Crippen LogP contribution in [0.4, 0.5) is 5.13 Å². The molecule has 1 atom stereocenters. The molecule has 2 N–H and O–H groups in total. The zero-order valence-electron chi connectivity index (χ0n) is 9.73. The van der Waals surface area contributed by atoms with E-state index in [4.69, 9.17) is 0 Å². The Kier molecular flexibility index (Phi) is 5.80. The number of anilines is 1. The monoisotopic (exact) mass is 276 g/mol. The fraction of sp³-hybridized carbons (Fsp3) is 0.700. The second-order valence-corrected chi connectivity index (χ2v) is 5.25. The zero-order chi connectivity index (χ0) is 11.4. The molecule has 1 aromatic rings. The van der Waals surface area contributed by atoms with Gasteiger partial charge in [0.1, 0.15) is 5.01 Å². The van der Waals surface area contributed by atoms with E-state index < -0.39 is 0 Å². The van der Waals surface area contributed by atoms with Crippen LogP contribution in [-0.4, -0.2) is 29.2 Å². The van der Waals surface area contributed by atoms with Gasteiger partial charge in [0.25, 0.3) is 0 Å². The van der Waals surface area contributed by atoms with Crippen LogP contribution in [0, 0.1) is 12.8 Å². The number of carbonyl (C=O) groups is 1. The van der Waals surface area contributed by atoms with Crippen molar-refractivity contribution < 1.29 is 4.79 Å². The lowest BCUT2D eigenvalue weighted by Gasteiger charge is -2.06. The molecule has 0 bridgehead atoms. The number of nitrogens with one attached hydrogen (secondary N) is 2. The lowest BCUT2D eigenvalue weighted by molar-refractivity contribution is -0.116. The summed E-state index contributed by atoms with van der Waals surface area (Å²) in [5.41, 5.74) is 0. The average Bonchev–Trinajstić information content (AvgIpc) is 2.87. The van der Waals surface area contributed by atoms with E-state index in [1.54, 1.807) is 0 Å². The van der Waals surface area contributed by atoms with Crippen LogP contribution >= 0.6 is 23.7 Å². The molecule has 1 unspecified atom stereocenters. The Morgan fingerprint density at radius 2 is 2.41 bits per heavy atom. The quantitative estimate of drug-likeness (QED) is 0.877. The van der Waals surface area contributed by atoms with Gasteiger partial charge in [-0.25, -0.2) is 0 Å². The molecule has 1 amide bonds. The van der Waals surface area contributed by atoms with Gasteiger partial charge in [0.15, 0.2) is 0 Å². The summed E-state index contributed by atoms with van der Waals surface area (Å²) in [6.45, 7) is 4.00. The minimum Gasteiger partial charge on any atom is -0.316 e. The molecule has 1 fully saturated rings. The van der Waals surface area contributed by atoms with Crippen molar-refractivity contribution in [3.63, 3.8) is 0 Å². The van der Waals surface area contributed by atoms with Crippen molar-refractivity contribution >= 4 is 34.8 Å². The van der Waals surface area contributed by atoms with Crippen molar-refractivity contribution in [2.45, 2.75) is 26.2 Å². The molecule has 0 radical (unpaired) electrons. The number of hydrogen-bond donors (Lipinski definition) is 2. The molecule has 96 valence electrons. The van der Waals surface area contributed by atoms with Gasteiger partial charge >= 0.3 is 0 Å². The Morgan fingerprint density at radius 3 is 3.00 bits per heavy atom. The molecule has 5 nitrogen and oxygen atoms in total. The van der Waals surface area contributed by atoms with Crippen LogP contribution < -0.4 is 10.6 Å². The Morgan fingerprint density at radius 1 is 1.59 bits per heavy atom. The molecule has 1 aliphatic rings. The van der Waals surface area contributed by atoms with E-state index in [0.29, 0.717) is 17.5 Å². The third-order valence-electron chi connectivity index (χ3n) is 2.71. The zero-order valence-corrected chi connectivity index (χ0v) is 11.4. The number of aromatic nitrogens is 2. The van der Waals surface area contributed by atoms with Crippen LogP contribution in [-0.2, 0) is 4.79 Å². The van der Waals surface area contributed by atoms with Crippen molar-refractivity contribution in [2.24, 2.45) is 5.92 Å². The first-order valence-corrected chi connectivity index (χ1v) is 6.36. The van der Waals surface area contributed by atoms with Gasteiger partial charge < -0.3 is 10.6 Å². The standard InChI is InChI=1S/C10H16N4OS.ClH/c1-7-13-14-10(16-7)12-9(15)3-2-8-4-5-11-6-8;/h8,11H,2-6H2,1H3,(H,12,14,15);1H. The topological polar surface area (TPSA) is 66.9 Å². The summed E-state index contributed by atoms with van der Waals surface area (Å²) in [6.07, 6.45) is 2.72. The summed E-state index contributed by atoms with van der Waals surface area (Å²) >= 11 is 1.41. The molecular formula is C10H17ClN4OS. The van der Waals surface area contributed by atoms with Gasteiger partial charge in [0, 0.05) is 6.42 Å². The summed E-state index contributed by atoms with van der Waals surface area (Å²) in [5.74, 6) is 0.699. The highest BCUT2D eigenvalue weighted by molar-refractivity contribution is 7.15. The molecular weight excluding hydrogens is 260 g/mol. The molecule has 17 heavy (non-hydrogen) atoms. The first-order chi connectivity index (χ1) is 7.74. The van der Waals surface area contributed by atoms with Gasteiger partial charge in [0.2, 0.25) is 11.0 Å². The second-order valence-electron chi connectivity index (χ2n) is 4.07. The largest absolute Gasteiger partial charge is 0.316 e. The third-order valence-corrected chi connectivity index (χ3v) is 3.47. The highest BCUT2D eigenvalue weighted by Crippen LogP contribution is 2.17. The van der Waals surface area contributed by atoms with Gasteiger partial charge in [0.05, 0.1) is 0 Å². The van der Waals surface area contributed by atoms with Gasteiger partial charge in [-0.3, -0.25) is 4.79 Å². The molecule has 1 aromatic heterocycles. The summed E-state index contributed by atoms with van der Waals surface area (Å²) in [7, 11) is 0. The van der Waals surface area contributed by atoms with Gasteiger partial charge in [-0.15, -0.1) is 22.6 Å². The number of rotatable bonds is 4. The molecule has 0 aromatic carbocycles. The van der Waals surface area contributed by atoms with E-state index in [9.17, 15) is 4.79 Å². The highest BCUT2D eigenvalue weighted by atomic mass is 35.5. The molecule has 0 aliphatic carbocycles. The molecule has 0 saturated carbocycles. The van der Waals surface area contributed by atoms with Crippen LogP contribution in [0.15, 0.2) is 0 Å².